The fourth-order valence-corrected chi connectivity index (χ4v) is 3.67. The van der Waals surface area contributed by atoms with Gasteiger partial charge in [0.2, 0.25) is 5.91 Å². The third-order valence-corrected chi connectivity index (χ3v) is 4.82. The standard InChI is InChI=1S/C18H26N2O/c21-18(14-15-8-2-1-3-9-15)19-16-10-4-5-11-17(16)20-12-6-7-13-20/h4-5,10-11,15H,1-3,6-9,12-14H2,(H,19,21). The van der Waals surface area contributed by atoms with Gasteiger partial charge in [-0.1, -0.05) is 31.4 Å². The van der Waals surface area contributed by atoms with E-state index in [-0.39, 0.29) is 5.91 Å². The predicted molar refractivity (Wildman–Crippen MR) is 87.7 cm³/mol. The molecule has 21 heavy (non-hydrogen) atoms. The van der Waals surface area contributed by atoms with Crippen LogP contribution < -0.4 is 10.2 Å². The van der Waals surface area contributed by atoms with Gasteiger partial charge in [-0.3, -0.25) is 4.79 Å². The van der Waals surface area contributed by atoms with E-state index in [4.69, 9.17) is 0 Å². The van der Waals surface area contributed by atoms with Crippen LogP contribution in [-0.2, 0) is 4.79 Å². The lowest BCUT2D eigenvalue weighted by Crippen LogP contribution is -2.22. The second kappa shape index (κ2) is 6.97. The third-order valence-electron chi connectivity index (χ3n) is 4.82. The van der Waals surface area contributed by atoms with Gasteiger partial charge in [0.1, 0.15) is 0 Å². The lowest BCUT2D eigenvalue weighted by molar-refractivity contribution is -0.117. The van der Waals surface area contributed by atoms with Gasteiger partial charge in [0, 0.05) is 19.5 Å². The van der Waals surface area contributed by atoms with Crippen molar-refractivity contribution in [3.63, 3.8) is 0 Å². The molecule has 0 aromatic heterocycles. The highest BCUT2D eigenvalue weighted by Crippen LogP contribution is 2.30. The summed E-state index contributed by atoms with van der Waals surface area (Å²) in [7, 11) is 0. The molecule has 3 heteroatoms. The van der Waals surface area contributed by atoms with Crippen molar-refractivity contribution < 1.29 is 4.79 Å². The largest absolute Gasteiger partial charge is 0.370 e. The van der Waals surface area contributed by atoms with Crippen LogP contribution in [0.15, 0.2) is 24.3 Å². The van der Waals surface area contributed by atoms with E-state index in [1.165, 1.54) is 50.6 Å². The highest BCUT2D eigenvalue weighted by molar-refractivity contribution is 5.94. The third kappa shape index (κ3) is 3.78. The SMILES string of the molecule is O=C(CC1CCCCC1)Nc1ccccc1N1CCCC1. The molecule has 1 N–H and O–H groups in total. The van der Waals surface area contributed by atoms with E-state index in [0.717, 1.165) is 18.8 Å². The summed E-state index contributed by atoms with van der Waals surface area (Å²) < 4.78 is 0. The number of carbonyl (C=O) groups excluding carboxylic acids is 1. The molecular weight excluding hydrogens is 260 g/mol. The maximum Gasteiger partial charge on any atom is 0.224 e. The number of carbonyl (C=O) groups is 1. The summed E-state index contributed by atoms with van der Waals surface area (Å²) in [5.41, 5.74) is 2.17. The molecule has 1 aromatic carbocycles. The van der Waals surface area contributed by atoms with Crippen LogP contribution in [0.5, 0.6) is 0 Å². The average molecular weight is 286 g/mol. The van der Waals surface area contributed by atoms with Crippen LogP contribution >= 0.6 is 0 Å². The molecule has 0 radical (unpaired) electrons. The van der Waals surface area contributed by atoms with Gasteiger partial charge < -0.3 is 10.2 Å². The maximum absolute atomic E-state index is 12.3. The molecule has 3 nitrogen and oxygen atoms in total. The first-order valence-corrected chi connectivity index (χ1v) is 8.47. The van der Waals surface area contributed by atoms with Gasteiger partial charge in [-0.15, -0.1) is 0 Å². The van der Waals surface area contributed by atoms with Crippen LogP contribution in [0.1, 0.15) is 51.4 Å². The van der Waals surface area contributed by atoms with Gasteiger partial charge in [-0.25, -0.2) is 0 Å². The van der Waals surface area contributed by atoms with Crippen molar-refractivity contribution in [3.05, 3.63) is 24.3 Å². The topological polar surface area (TPSA) is 32.3 Å². The molecule has 1 aliphatic heterocycles. The van der Waals surface area contributed by atoms with E-state index in [9.17, 15) is 4.79 Å². The van der Waals surface area contributed by atoms with Crippen LogP contribution in [0, 0.1) is 5.92 Å². The van der Waals surface area contributed by atoms with Gasteiger partial charge in [0.15, 0.2) is 0 Å². The predicted octanol–water partition coefficient (Wildman–Crippen LogP) is 4.20. The number of nitrogens with one attached hydrogen (secondary N) is 1. The van der Waals surface area contributed by atoms with Crippen molar-refractivity contribution in [3.8, 4) is 0 Å². The molecule has 1 aromatic rings. The molecular formula is C18H26N2O. The van der Waals surface area contributed by atoms with E-state index < -0.39 is 0 Å². The molecule has 0 spiro atoms. The lowest BCUT2D eigenvalue weighted by atomic mass is 9.87. The van der Waals surface area contributed by atoms with Crippen LogP contribution in [-0.4, -0.2) is 19.0 Å². The Morgan fingerprint density at radius 1 is 1.05 bits per heavy atom. The number of para-hydroxylation sites is 2. The maximum atomic E-state index is 12.3. The molecule has 1 heterocycles. The summed E-state index contributed by atoms with van der Waals surface area (Å²) in [6.45, 7) is 2.21. The van der Waals surface area contributed by atoms with Gasteiger partial charge in [-0.2, -0.15) is 0 Å². The zero-order chi connectivity index (χ0) is 14.5. The Balaban J connectivity index is 1.62. The molecule has 1 aliphatic carbocycles. The van der Waals surface area contributed by atoms with Gasteiger partial charge >= 0.3 is 0 Å². The molecule has 1 saturated carbocycles. The van der Waals surface area contributed by atoms with Crippen LogP contribution in [0.25, 0.3) is 0 Å². The summed E-state index contributed by atoms with van der Waals surface area (Å²) in [6.07, 6.45) is 9.58. The van der Waals surface area contributed by atoms with Gasteiger partial charge in [0.25, 0.3) is 0 Å². The van der Waals surface area contributed by atoms with Crippen molar-refractivity contribution >= 4 is 17.3 Å². The molecule has 2 aliphatic rings. The fraction of sp³-hybridized carbons (Fsp3) is 0.611. The first-order chi connectivity index (χ1) is 10.3. The van der Waals surface area contributed by atoms with Crippen molar-refractivity contribution in [2.24, 2.45) is 5.92 Å². The van der Waals surface area contributed by atoms with Crippen LogP contribution in [0.2, 0.25) is 0 Å². The minimum Gasteiger partial charge on any atom is -0.370 e. The number of hydrogen-bond acceptors (Lipinski definition) is 2. The van der Waals surface area contributed by atoms with Crippen LogP contribution in [0.3, 0.4) is 0 Å². The number of amides is 1. The summed E-state index contributed by atoms with van der Waals surface area (Å²) in [4.78, 5) is 14.7. The lowest BCUT2D eigenvalue weighted by Gasteiger charge is -2.23. The first-order valence-electron chi connectivity index (χ1n) is 8.47. The van der Waals surface area contributed by atoms with Gasteiger partial charge in [0.05, 0.1) is 11.4 Å². The van der Waals surface area contributed by atoms with Crippen molar-refractivity contribution in [1.82, 2.24) is 0 Å². The molecule has 0 bridgehead atoms. The van der Waals surface area contributed by atoms with Crippen molar-refractivity contribution in [1.29, 1.82) is 0 Å². The summed E-state index contributed by atoms with van der Waals surface area (Å²) in [5, 5.41) is 3.15. The summed E-state index contributed by atoms with van der Waals surface area (Å²) >= 11 is 0. The van der Waals surface area contributed by atoms with Crippen LogP contribution in [0.4, 0.5) is 11.4 Å². The second-order valence-corrected chi connectivity index (χ2v) is 6.47. The Hall–Kier alpha value is -1.51. The Morgan fingerprint density at radius 3 is 2.52 bits per heavy atom. The first kappa shape index (κ1) is 14.4. The molecule has 114 valence electrons. The quantitative estimate of drug-likeness (QED) is 0.900. The molecule has 3 rings (SSSR count). The van der Waals surface area contributed by atoms with E-state index in [1.54, 1.807) is 0 Å². The Labute approximate surface area is 127 Å². The molecule has 0 atom stereocenters. The number of anilines is 2. The Morgan fingerprint density at radius 2 is 1.76 bits per heavy atom. The smallest absolute Gasteiger partial charge is 0.224 e. The molecule has 2 fully saturated rings. The van der Waals surface area contributed by atoms with E-state index in [1.807, 2.05) is 12.1 Å². The zero-order valence-corrected chi connectivity index (χ0v) is 12.8. The van der Waals surface area contributed by atoms with Crippen molar-refractivity contribution in [2.75, 3.05) is 23.3 Å². The zero-order valence-electron chi connectivity index (χ0n) is 12.8. The number of benzene rings is 1. The van der Waals surface area contributed by atoms with Gasteiger partial charge in [-0.05, 0) is 43.7 Å². The monoisotopic (exact) mass is 286 g/mol. The molecule has 1 saturated heterocycles. The Kier molecular flexibility index (Phi) is 4.79. The van der Waals surface area contributed by atoms with E-state index in [0.29, 0.717) is 12.3 Å². The normalized spacial score (nSPS) is 19.7. The molecule has 1 amide bonds. The van der Waals surface area contributed by atoms with E-state index in [2.05, 4.69) is 22.3 Å². The Bertz CT molecular complexity index is 474. The highest BCUT2D eigenvalue weighted by Gasteiger charge is 2.19. The second-order valence-electron chi connectivity index (χ2n) is 6.47. The minimum absolute atomic E-state index is 0.188. The highest BCUT2D eigenvalue weighted by atomic mass is 16.1. The summed E-state index contributed by atoms with van der Waals surface area (Å²) in [5.74, 6) is 0.784. The van der Waals surface area contributed by atoms with E-state index >= 15 is 0 Å². The number of hydrogen-bond donors (Lipinski definition) is 1. The fourth-order valence-electron chi connectivity index (χ4n) is 3.67. The minimum atomic E-state index is 0.188. The summed E-state index contributed by atoms with van der Waals surface area (Å²) in [6, 6.07) is 8.23. The number of rotatable bonds is 4. The average Bonchev–Trinajstić information content (AvgIpc) is 3.03. The van der Waals surface area contributed by atoms with Crippen molar-refractivity contribution in [2.45, 2.75) is 51.4 Å². The number of nitrogens with zero attached hydrogens (tertiary/aromatic N) is 1. The molecule has 0 unspecified atom stereocenters.